The summed E-state index contributed by atoms with van der Waals surface area (Å²) in [5.74, 6) is 0. The second kappa shape index (κ2) is 11.4. The van der Waals surface area contributed by atoms with E-state index in [-0.39, 0.29) is 11.4 Å². The Kier molecular flexibility index (Phi) is 7.71. The van der Waals surface area contributed by atoms with Crippen LogP contribution < -0.4 is 11.2 Å². The number of sulfonamides is 1. The second-order valence-corrected chi connectivity index (χ2v) is 13.2. The van der Waals surface area contributed by atoms with Crippen LogP contribution in [-0.4, -0.2) is 62.5 Å². The molecule has 0 bridgehead atoms. The van der Waals surface area contributed by atoms with Gasteiger partial charge in [-0.3, -0.25) is 23.8 Å². The predicted octanol–water partition coefficient (Wildman–Crippen LogP) is 3.20. The Balaban J connectivity index is 1.23. The van der Waals surface area contributed by atoms with Crippen molar-refractivity contribution in [2.75, 3.05) is 26.2 Å². The average molecular weight is 650 g/mol. The van der Waals surface area contributed by atoms with Crippen LogP contribution in [0.25, 0.3) is 16.7 Å². The average Bonchev–Trinajstić information content (AvgIpc) is 3.45. The van der Waals surface area contributed by atoms with Gasteiger partial charge in [0.1, 0.15) is 5.52 Å². The molecule has 0 spiro atoms. The van der Waals surface area contributed by atoms with Gasteiger partial charge in [0.25, 0.3) is 5.56 Å². The summed E-state index contributed by atoms with van der Waals surface area (Å²) in [6.07, 6.45) is 5.04. The Labute approximate surface area is 251 Å². The van der Waals surface area contributed by atoms with Crippen LogP contribution in [0.2, 0.25) is 0 Å². The molecule has 10 nitrogen and oxygen atoms in total. The Bertz CT molecular complexity index is 1960. The number of fused-ring (bicyclic) bond motifs is 1. The minimum Gasteiger partial charge on any atom is -0.311 e. The molecule has 1 aliphatic heterocycles. The van der Waals surface area contributed by atoms with E-state index in [4.69, 9.17) is 0 Å². The van der Waals surface area contributed by atoms with E-state index in [1.54, 1.807) is 58.1 Å². The molecular weight excluding hydrogens is 620 g/mol. The van der Waals surface area contributed by atoms with Gasteiger partial charge in [-0.1, -0.05) is 28.1 Å². The van der Waals surface area contributed by atoms with Gasteiger partial charge in [0.05, 0.1) is 17.0 Å². The molecule has 12 heteroatoms. The first-order valence-corrected chi connectivity index (χ1v) is 15.7. The van der Waals surface area contributed by atoms with Gasteiger partial charge in [-0.15, -0.1) is 0 Å². The molecule has 3 aromatic heterocycles. The largest absolute Gasteiger partial charge is 0.331 e. The zero-order valence-corrected chi connectivity index (χ0v) is 25.3. The number of hydrogen-bond donors (Lipinski definition) is 0. The van der Waals surface area contributed by atoms with E-state index in [9.17, 15) is 18.0 Å². The fourth-order valence-corrected chi connectivity index (χ4v) is 7.01. The van der Waals surface area contributed by atoms with Crippen molar-refractivity contribution in [2.24, 2.45) is 7.05 Å². The summed E-state index contributed by atoms with van der Waals surface area (Å²) in [4.78, 5) is 32.7. The van der Waals surface area contributed by atoms with Crippen molar-refractivity contribution in [1.82, 2.24) is 27.9 Å². The Morgan fingerprint density at radius 2 is 1.45 bits per heavy atom. The van der Waals surface area contributed by atoms with Crippen LogP contribution in [0.4, 0.5) is 0 Å². The molecule has 4 heterocycles. The van der Waals surface area contributed by atoms with Gasteiger partial charge in [0.2, 0.25) is 10.0 Å². The molecule has 42 heavy (non-hydrogen) atoms. The van der Waals surface area contributed by atoms with Crippen molar-refractivity contribution in [1.29, 1.82) is 0 Å². The van der Waals surface area contributed by atoms with Crippen LogP contribution >= 0.6 is 15.9 Å². The third-order valence-corrected chi connectivity index (χ3v) is 10.1. The zero-order chi connectivity index (χ0) is 29.4. The monoisotopic (exact) mass is 648 g/mol. The lowest BCUT2D eigenvalue weighted by Gasteiger charge is -2.34. The van der Waals surface area contributed by atoms with Crippen molar-refractivity contribution in [3.05, 3.63) is 122 Å². The Hall–Kier alpha value is -3.84. The predicted molar refractivity (Wildman–Crippen MR) is 164 cm³/mol. The topological polar surface area (TPSA) is 102 Å². The zero-order valence-electron chi connectivity index (χ0n) is 22.9. The SMILES string of the molecule is Cn1c(=O)c2c(ccn2-c2ccc(S(=O)(=O)N3CCN(Cc4ccc(Br)cc4)CC3)cc2)n(Cc2ccncc2)c1=O. The molecule has 5 aromatic rings. The maximum absolute atomic E-state index is 13.5. The van der Waals surface area contributed by atoms with Gasteiger partial charge in [-0.25, -0.2) is 13.2 Å². The third kappa shape index (κ3) is 5.38. The number of rotatable bonds is 7. The van der Waals surface area contributed by atoms with Gasteiger partial charge >= 0.3 is 5.69 Å². The summed E-state index contributed by atoms with van der Waals surface area (Å²) in [6, 6.07) is 20.1. The Morgan fingerprint density at radius 1 is 0.810 bits per heavy atom. The molecule has 0 saturated carbocycles. The van der Waals surface area contributed by atoms with E-state index in [1.807, 2.05) is 24.3 Å². The molecule has 216 valence electrons. The fraction of sp³-hybridized carbons (Fsp3) is 0.233. The van der Waals surface area contributed by atoms with Gasteiger partial charge in [0, 0.05) is 68.5 Å². The molecule has 0 atom stereocenters. The highest BCUT2D eigenvalue weighted by Gasteiger charge is 2.28. The minimum atomic E-state index is -3.68. The quantitative estimate of drug-likeness (QED) is 0.269. The summed E-state index contributed by atoms with van der Waals surface area (Å²) in [5.41, 5.74) is 2.68. The van der Waals surface area contributed by atoms with Crippen molar-refractivity contribution in [3.8, 4) is 5.69 Å². The van der Waals surface area contributed by atoms with Crippen LogP contribution in [0.3, 0.4) is 0 Å². The number of hydrogen-bond acceptors (Lipinski definition) is 6. The van der Waals surface area contributed by atoms with Crippen LogP contribution in [0, 0.1) is 0 Å². The lowest BCUT2D eigenvalue weighted by Crippen LogP contribution is -2.48. The van der Waals surface area contributed by atoms with Crippen LogP contribution in [0.15, 0.2) is 104 Å². The highest BCUT2D eigenvalue weighted by Crippen LogP contribution is 2.23. The standard InChI is InChI=1S/C30H29BrN6O4S/c1-33-29(38)28-27(37(30(33)39)21-23-10-13-32-14-11-23)12-15-36(28)25-6-8-26(9-7-25)42(40,41)35-18-16-34(17-19-35)20-22-2-4-24(31)5-3-22/h2-15H,16-21H2,1H3. The van der Waals surface area contributed by atoms with Crippen LogP contribution in [-0.2, 0) is 30.2 Å². The molecule has 2 aromatic carbocycles. The smallest absolute Gasteiger partial charge is 0.311 e. The normalized spacial score (nSPS) is 14.9. The van der Waals surface area contributed by atoms with E-state index in [2.05, 4.69) is 37.9 Å². The molecule has 1 saturated heterocycles. The maximum atomic E-state index is 13.5. The van der Waals surface area contributed by atoms with Gasteiger partial charge in [-0.2, -0.15) is 4.31 Å². The van der Waals surface area contributed by atoms with Crippen LogP contribution in [0.5, 0.6) is 0 Å². The second-order valence-electron chi connectivity index (χ2n) is 10.3. The van der Waals surface area contributed by atoms with E-state index in [1.165, 1.54) is 16.9 Å². The molecule has 1 fully saturated rings. The Morgan fingerprint density at radius 3 is 2.12 bits per heavy atom. The molecule has 0 N–H and O–H groups in total. The fourth-order valence-electron chi connectivity index (χ4n) is 5.32. The summed E-state index contributed by atoms with van der Waals surface area (Å²) < 4.78 is 33.8. The number of pyridine rings is 1. The molecule has 0 aliphatic carbocycles. The number of benzene rings is 2. The van der Waals surface area contributed by atoms with Gasteiger partial charge < -0.3 is 4.57 Å². The summed E-state index contributed by atoms with van der Waals surface area (Å²) >= 11 is 3.45. The van der Waals surface area contributed by atoms with E-state index in [0.29, 0.717) is 42.9 Å². The lowest BCUT2D eigenvalue weighted by molar-refractivity contribution is 0.181. The first-order chi connectivity index (χ1) is 20.2. The molecule has 1 aliphatic rings. The first-order valence-electron chi connectivity index (χ1n) is 13.5. The van der Waals surface area contributed by atoms with Gasteiger partial charge in [0.15, 0.2) is 0 Å². The summed E-state index contributed by atoms with van der Waals surface area (Å²) in [6.45, 7) is 3.17. The van der Waals surface area contributed by atoms with Crippen molar-refractivity contribution in [2.45, 2.75) is 18.0 Å². The van der Waals surface area contributed by atoms with E-state index >= 15 is 0 Å². The molecule has 0 unspecified atom stereocenters. The third-order valence-electron chi connectivity index (χ3n) is 7.67. The maximum Gasteiger partial charge on any atom is 0.331 e. The van der Waals surface area contributed by atoms with E-state index in [0.717, 1.165) is 21.1 Å². The van der Waals surface area contributed by atoms with Crippen molar-refractivity contribution >= 4 is 37.0 Å². The van der Waals surface area contributed by atoms with Crippen molar-refractivity contribution < 1.29 is 8.42 Å². The molecule has 0 radical (unpaired) electrons. The first kappa shape index (κ1) is 28.3. The highest BCUT2D eigenvalue weighted by atomic mass is 79.9. The summed E-state index contributed by atoms with van der Waals surface area (Å²) in [7, 11) is -2.22. The number of aromatic nitrogens is 4. The lowest BCUT2D eigenvalue weighted by atomic mass is 10.2. The number of halogens is 1. The van der Waals surface area contributed by atoms with Crippen LogP contribution in [0.1, 0.15) is 11.1 Å². The molecular formula is C30H29BrN6O4S. The van der Waals surface area contributed by atoms with Gasteiger partial charge in [-0.05, 0) is 65.7 Å². The molecule has 0 amide bonds. The molecule has 6 rings (SSSR count). The van der Waals surface area contributed by atoms with E-state index < -0.39 is 21.3 Å². The van der Waals surface area contributed by atoms with Crippen molar-refractivity contribution in [3.63, 3.8) is 0 Å². The minimum absolute atomic E-state index is 0.201. The highest BCUT2D eigenvalue weighted by molar-refractivity contribution is 9.10. The number of nitrogens with zero attached hydrogens (tertiary/aromatic N) is 6. The summed E-state index contributed by atoms with van der Waals surface area (Å²) in [5, 5.41) is 0. The number of piperazine rings is 1.